The van der Waals surface area contributed by atoms with E-state index in [0.717, 1.165) is 12.1 Å². The van der Waals surface area contributed by atoms with Crippen LogP contribution in [0.4, 0.5) is 13.2 Å². The standard InChI is InChI=1S/C16H22F3NO/c1-11(12-5-2-3-6-12)20-10-15(21)13-7-4-8-14(9-13)16(17,18)19/h4,7-9,11-12,15,20-21H,2-3,5-6,10H2,1H3/t11-,15?/m1/s1. The molecule has 1 saturated carbocycles. The normalized spacial score (nSPS) is 19.7. The van der Waals surface area contributed by atoms with E-state index in [2.05, 4.69) is 12.2 Å². The van der Waals surface area contributed by atoms with Crippen molar-refractivity contribution >= 4 is 0 Å². The Bertz CT molecular complexity index is 455. The van der Waals surface area contributed by atoms with E-state index in [1.54, 1.807) is 0 Å². The summed E-state index contributed by atoms with van der Waals surface area (Å²) in [4.78, 5) is 0. The highest BCUT2D eigenvalue weighted by atomic mass is 19.4. The number of rotatable bonds is 5. The Morgan fingerprint density at radius 3 is 2.57 bits per heavy atom. The topological polar surface area (TPSA) is 32.3 Å². The third-order valence-corrected chi connectivity index (χ3v) is 4.34. The summed E-state index contributed by atoms with van der Waals surface area (Å²) >= 11 is 0. The lowest BCUT2D eigenvalue weighted by Crippen LogP contribution is -2.35. The molecule has 5 heteroatoms. The zero-order chi connectivity index (χ0) is 15.5. The maximum Gasteiger partial charge on any atom is 0.416 e. The van der Waals surface area contributed by atoms with Crippen LogP contribution in [0.3, 0.4) is 0 Å². The number of halogens is 3. The largest absolute Gasteiger partial charge is 0.416 e. The zero-order valence-electron chi connectivity index (χ0n) is 12.2. The molecule has 1 aliphatic carbocycles. The molecule has 0 radical (unpaired) electrons. The third kappa shape index (κ3) is 4.45. The van der Waals surface area contributed by atoms with E-state index in [9.17, 15) is 18.3 Å². The molecule has 1 aromatic carbocycles. The zero-order valence-corrected chi connectivity index (χ0v) is 12.2. The predicted molar refractivity (Wildman–Crippen MR) is 75.8 cm³/mol. The van der Waals surface area contributed by atoms with E-state index in [-0.39, 0.29) is 12.6 Å². The summed E-state index contributed by atoms with van der Waals surface area (Å²) in [6.45, 7) is 2.35. The van der Waals surface area contributed by atoms with Crippen LogP contribution in [0, 0.1) is 5.92 Å². The van der Waals surface area contributed by atoms with Crippen molar-refractivity contribution in [1.29, 1.82) is 0 Å². The molecule has 1 aromatic rings. The third-order valence-electron chi connectivity index (χ3n) is 4.34. The molecular formula is C16H22F3NO. The van der Waals surface area contributed by atoms with Crippen molar-refractivity contribution in [2.24, 2.45) is 5.92 Å². The van der Waals surface area contributed by atoms with E-state index < -0.39 is 17.8 Å². The van der Waals surface area contributed by atoms with Gasteiger partial charge in [0.1, 0.15) is 0 Å². The maximum absolute atomic E-state index is 12.7. The lowest BCUT2D eigenvalue weighted by molar-refractivity contribution is -0.137. The summed E-state index contributed by atoms with van der Waals surface area (Å²) in [5.74, 6) is 0.610. The van der Waals surface area contributed by atoms with Crippen molar-refractivity contribution in [2.75, 3.05) is 6.54 Å². The van der Waals surface area contributed by atoms with Gasteiger partial charge < -0.3 is 10.4 Å². The van der Waals surface area contributed by atoms with Gasteiger partial charge in [0.25, 0.3) is 0 Å². The van der Waals surface area contributed by atoms with Crippen LogP contribution in [0.2, 0.25) is 0 Å². The molecule has 0 aromatic heterocycles. The molecule has 0 heterocycles. The average molecular weight is 301 g/mol. The quantitative estimate of drug-likeness (QED) is 0.864. The second kappa shape index (κ2) is 6.79. The minimum absolute atomic E-state index is 0.277. The van der Waals surface area contributed by atoms with Crippen LogP contribution in [-0.4, -0.2) is 17.7 Å². The second-order valence-corrected chi connectivity index (χ2v) is 5.88. The lowest BCUT2D eigenvalue weighted by atomic mass is 9.99. The molecular weight excluding hydrogens is 279 g/mol. The first-order valence-corrected chi connectivity index (χ1v) is 7.46. The molecule has 0 amide bonds. The molecule has 0 saturated heterocycles. The van der Waals surface area contributed by atoms with E-state index >= 15 is 0 Å². The number of aliphatic hydroxyl groups excluding tert-OH is 1. The SMILES string of the molecule is C[C@@H](NCC(O)c1cccc(C(F)(F)F)c1)C1CCCC1. The molecule has 0 aliphatic heterocycles. The van der Waals surface area contributed by atoms with Crippen molar-refractivity contribution < 1.29 is 18.3 Å². The molecule has 2 rings (SSSR count). The lowest BCUT2D eigenvalue weighted by Gasteiger charge is -2.22. The number of alkyl halides is 3. The Morgan fingerprint density at radius 2 is 1.95 bits per heavy atom. The van der Waals surface area contributed by atoms with Gasteiger partial charge in [0, 0.05) is 12.6 Å². The van der Waals surface area contributed by atoms with Gasteiger partial charge in [0.15, 0.2) is 0 Å². The first-order valence-electron chi connectivity index (χ1n) is 7.46. The van der Waals surface area contributed by atoms with Crippen LogP contribution in [0.25, 0.3) is 0 Å². The van der Waals surface area contributed by atoms with Crippen molar-refractivity contribution in [1.82, 2.24) is 5.32 Å². The van der Waals surface area contributed by atoms with Crippen molar-refractivity contribution in [3.05, 3.63) is 35.4 Å². The van der Waals surface area contributed by atoms with Gasteiger partial charge >= 0.3 is 6.18 Å². The van der Waals surface area contributed by atoms with Gasteiger partial charge in [0.05, 0.1) is 11.7 Å². The second-order valence-electron chi connectivity index (χ2n) is 5.88. The maximum atomic E-state index is 12.7. The summed E-state index contributed by atoms with van der Waals surface area (Å²) in [7, 11) is 0. The van der Waals surface area contributed by atoms with Crippen LogP contribution < -0.4 is 5.32 Å². The molecule has 21 heavy (non-hydrogen) atoms. The van der Waals surface area contributed by atoms with Crippen LogP contribution in [-0.2, 0) is 6.18 Å². The number of nitrogens with one attached hydrogen (secondary N) is 1. The fourth-order valence-electron chi connectivity index (χ4n) is 2.96. The van der Waals surface area contributed by atoms with Gasteiger partial charge in [-0.05, 0) is 43.4 Å². The summed E-state index contributed by atoms with van der Waals surface area (Å²) in [5, 5.41) is 13.3. The number of hydrogen-bond acceptors (Lipinski definition) is 2. The summed E-state index contributed by atoms with van der Waals surface area (Å²) in [6, 6.07) is 5.19. The smallest absolute Gasteiger partial charge is 0.387 e. The average Bonchev–Trinajstić information content (AvgIpc) is 2.98. The van der Waals surface area contributed by atoms with Gasteiger partial charge in [0.2, 0.25) is 0 Å². The molecule has 2 atom stereocenters. The van der Waals surface area contributed by atoms with Crippen LogP contribution in [0.15, 0.2) is 24.3 Å². The Morgan fingerprint density at radius 1 is 1.29 bits per heavy atom. The molecule has 1 fully saturated rings. The Labute approximate surface area is 123 Å². The van der Waals surface area contributed by atoms with Gasteiger partial charge in [-0.3, -0.25) is 0 Å². The molecule has 0 spiro atoms. The number of benzene rings is 1. The number of aliphatic hydroxyl groups is 1. The highest BCUT2D eigenvalue weighted by Crippen LogP contribution is 2.31. The van der Waals surface area contributed by atoms with Crippen molar-refractivity contribution in [2.45, 2.75) is 50.9 Å². The van der Waals surface area contributed by atoms with Crippen LogP contribution in [0.1, 0.15) is 49.8 Å². The highest BCUT2D eigenvalue weighted by Gasteiger charge is 2.31. The molecule has 2 nitrogen and oxygen atoms in total. The van der Waals surface area contributed by atoms with Gasteiger partial charge in [-0.15, -0.1) is 0 Å². The molecule has 1 unspecified atom stereocenters. The van der Waals surface area contributed by atoms with Crippen molar-refractivity contribution in [3.63, 3.8) is 0 Å². The Kier molecular flexibility index (Phi) is 5.27. The van der Waals surface area contributed by atoms with E-state index in [1.165, 1.54) is 37.8 Å². The van der Waals surface area contributed by atoms with Crippen LogP contribution in [0.5, 0.6) is 0 Å². The molecule has 118 valence electrons. The fourth-order valence-corrected chi connectivity index (χ4v) is 2.96. The number of hydrogen-bond donors (Lipinski definition) is 2. The molecule has 2 N–H and O–H groups in total. The van der Waals surface area contributed by atoms with Gasteiger partial charge in [-0.1, -0.05) is 25.0 Å². The van der Waals surface area contributed by atoms with Gasteiger partial charge in [-0.25, -0.2) is 0 Å². The van der Waals surface area contributed by atoms with E-state index in [0.29, 0.717) is 11.5 Å². The minimum atomic E-state index is -4.37. The Balaban J connectivity index is 1.92. The van der Waals surface area contributed by atoms with E-state index in [1.807, 2.05) is 0 Å². The Hall–Kier alpha value is -1.07. The predicted octanol–water partition coefficient (Wildman–Crippen LogP) is 3.91. The fraction of sp³-hybridized carbons (Fsp3) is 0.625. The highest BCUT2D eigenvalue weighted by molar-refractivity contribution is 5.27. The molecule has 0 bridgehead atoms. The monoisotopic (exact) mass is 301 g/mol. The first-order chi connectivity index (χ1) is 9.88. The van der Waals surface area contributed by atoms with Crippen LogP contribution >= 0.6 is 0 Å². The summed E-state index contributed by atoms with van der Waals surface area (Å²) in [6.07, 6.45) is -0.432. The van der Waals surface area contributed by atoms with Gasteiger partial charge in [-0.2, -0.15) is 13.2 Å². The minimum Gasteiger partial charge on any atom is -0.387 e. The first kappa shape index (κ1) is 16.3. The summed E-state index contributed by atoms with van der Waals surface area (Å²) in [5.41, 5.74) is -0.418. The van der Waals surface area contributed by atoms with Crippen molar-refractivity contribution in [3.8, 4) is 0 Å². The van der Waals surface area contributed by atoms with E-state index in [4.69, 9.17) is 0 Å². The molecule has 1 aliphatic rings. The summed E-state index contributed by atoms with van der Waals surface area (Å²) < 4.78 is 38.0.